The normalized spacial score (nSPS) is 10.9. The Hall–Kier alpha value is -0.700. The van der Waals surface area contributed by atoms with Crippen LogP contribution in [0.4, 0.5) is 11.5 Å². The molecule has 0 radical (unpaired) electrons. The zero-order valence-corrected chi connectivity index (χ0v) is 15.1. The number of nitrogens with one attached hydrogen (secondary N) is 1. The predicted octanol–water partition coefficient (Wildman–Crippen LogP) is 4.62. The first-order valence-electron chi connectivity index (χ1n) is 6.12. The Balaban J connectivity index is 2.48. The SMILES string of the molecule is Cc1ccc(Nc2nc(Cl)ncc2Br)c(P(C)C)c1C. The molecular formula is C14H16BrClN3P. The number of aromatic nitrogens is 2. The molecule has 1 aromatic carbocycles. The van der Waals surface area contributed by atoms with Gasteiger partial charge in [0.2, 0.25) is 5.28 Å². The van der Waals surface area contributed by atoms with Gasteiger partial charge in [-0.05, 0) is 71.9 Å². The van der Waals surface area contributed by atoms with E-state index in [1.807, 2.05) is 0 Å². The van der Waals surface area contributed by atoms with Gasteiger partial charge in [0, 0.05) is 17.2 Å². The Morgan fingerprint density at radius 3 is 2.60 bits per heavy atom. The van der Waals surface area contributed by atoms with Crippen LogP contribution in [0.25, 0.3) is 0 Å². The largest absolute Gasteiger partial charge is 0.339 e. The third-order valence-electron chi connectivity index (χ3n) is 3.12. The summed E-state index contributed by atoms with van der Waals surface area (Å²) in [6, 6.07) is 4.22. The summed E-state index contributed by atoms with van der Waals surface area (Å²) in [7, 11) is -0.221. The molecule has 0 bridgehead atoms. The number of benzene rings is 1. The van der Waals surface area contributed by atoms with Crippen molar-refractivity contribution in [2.24, 2.45) is 0 Å². The summed E-state index contributed by atoms with van der Waals surface area (Å²) in [4.78, 5) is 8.17. The monoisotopic (exact) mass is 371 g/mol. The lowest BCUT2D eigenvalue weighted by molar-refractivity contribution is 1.15. The van der Waals surface area contributed by atoms with E-state index in [0.717, 1.165) is 10.2 Å². The summed E-state index contributed by atoms with van der Waals surface area (Å²) in [6.07, 6.45) is 1.65. The molecule has 0 unspecified atom stereocenters. The molecule has 0 aliphatic heterocycles. The Kier molecular flexibility index (Phi) is 5.00. The summed E-state index contributed by atoms with van der Waals surface area (Å²) < 4.78 is 0.794. The van der Waals surface area contributed by atoms with Crippen LogP contribution in [0.3, 0.4) is 0 Å². The molecule has 1 aromatic heterocycles. The highest BCUT2D eigenvalue weighted by molar-refractivity contribution is 9.10. The van der Waals surface area contributed by atoms with Gasteiger partial charge in [-0.25, -0.2) is 4.98 Å². The van der Waals surface area contributed by atoms with Gasteiger partial charge in [-0.1, -0.05) is 14.0 Å². The molecule has 1 heterocycles. The lowest BCUT2D eigenvalue weighted by Crippen LogP contribution is -2.13. The standard InChI is InChI=1S/C14H16BrClN3P/c1-8-5-6-11(12(9(8)2)20(3)4)18-13-10(15)7-17-14(16)19-13/h5-7H,1-4H3,(H,17,18,19). The zero-order valence-electron chi connectivity index (χ0n) is 11.8. The van der Waals surface area contributed by atoms with Crippen LogP contribution in [0, 0.1) is 13.8 Å². The maximum atomic E-state index is 5.86. The summed E-state index contributed by atoms with van der Waals surface area (Å²) >= 11 is 9.30. The van der Waals surface area contributed by atoms with Crippen LogP contribution in [0.5, 0.6) is 0 Å². The van der Waals surface area contributed by atoms with Crippen molar-refractivity contribution in [1.29, 1.82) is 0 Å². The molecule has 0 spiro atoms. The van der Waals surface area contributed by atoms with Gasteiger partial charge in [0.25, 0.3) is 0 Å². The lowest BCUT2D eigenvalue weighted by atomic mass is 10.1. The zero-order chi connectivity index (χ0) is 14.9. The van der Waals surface area contributed by atoms with Gasteiger partial charge in [0.1, 0.15) is 5.82 Å². The second kappa shape index (κ2) is 6.38. The summed E-state index contributed by atoms with van der Waals surface area (Å²) in [5.74, 6) is 0.686. The van der Waals surface area contributed by atoms with Crippen molar-refractivity contribution >= 4 is 52.3 Å². The number of hydrogen-bond acceptors (Lipinski definition) is 3. The number of hydrogen-bond donors (Lipinski definition) is 1. The van der Waals surface area contributed by atoms with Crippen LogP contribution < -0.4 is 10.6 Å². The Bertz CT molecular complexity index is 647. The molecule has 2 aromatic rings. The third kappa shape index (κ3) is 3.30. The molecule has 0 amide bonds. The fourth-order valence-corrected chi connectivity index (χ4v) is 3.92. The van der Waals surface area contributed by atoms with E-state index in [0.29, 0.717) is 5.82 Å². The van der Waals surface area contributed by atoms with Crippen molar-refractivity contribution in [2.75, 3.05) is 18.6 Å². The van der Waals surface area contributed by atoms with Gasteiger partial charge in [-0.15, -0.1) is 0 Å². The fourth-order valence-electron chi connectivity index (χ4n) is 2.04. The molecule has 6 heteroatoms. The molecule has 0 saturated heterocycles. The molecule has 20 heavy (non-hydrogen) atoms. The Morgan fingerprint density at radius 1 is 1.25 bits per heavy atom. The predicted molar refractivity (Wildman–Crippen MR) is 92.3 cm³/mol. The van der Waals surface area contributed by atoms with Gasteiger partial charge >= 0.3 is 0 Å². The van der Waals surface area contributed by atoms with Crippen molar-refractivity contribution in [3.63, 3.8) is 0 Å². The van der Waals surface area contributed by atoms with Crippen molar-refractivity contribution in [1.82, 2.24) is 9.97 Å². The van der Waals surface area contributed by atoms with Crippen LogP contribution in [0.2, 0.25) is 5.28 Å². The average Bonchev–Trinajstić information content (AvgIpc) is 2.38. The van der Waals surface area contributed by atoms with E-state index in [4.69, 9.17) is 11.6 Å². The van der Waals surface area contributed by atoms with Gasteiger partial charge in [0.05, 0.1) is 4.47 Å². The summed E-state index contributed by atoms with van der Waals surface area (Å²) in [5.41, 5.74) is 3.73. The molecule has 106 valence electrons. The van der Waals surface area contributed by atoms with Crippen molar-refractivity contribution in [2.45, 2.75) is 13.8 Å². The van der Waals surface area contributed by atoms with Gasteiger partial charge in [-0.2, -0.15) is 4.98 Å². The van der Waals surface area contributed by atoms with Gasteiger partial charge < -0.3 is 5.32 Å². The molecule has 0 aliphatic carbocycles. The molecule has 0 saturated carbocycles. The third-order valence-corrected chi connectivity index (χ3v) is 5.35. The van der Waals surface area contributed by atoms with E-state index in [1.54, 1.807) is 6.20 Å². The molecule has 0 aliphatic rings. The smallest absolute Gasteiger partial charge is 0.224 e. The number of anilines is 2. The van der Waals surface area contributed by atoms with Gasteiger partial charge in [-0.3, -0.25) is 0 Å². The number of rotatable bonds is 3. The Morgan fingerprint density at radius 2 is 1.95 bits per heavy atom. The summed E-state index contributed by atoms with van der Waals surface area (Å²) in [5, 5.41) is 4.96. The number of nitrogens with zero attached hydrogens (tertiary/aromatic N) is 2. The van der Waals surface area contributed by atoms with E-state index < -0.39 is 0 Å². The van der Waals surface area contributed by atoms with E-state index in [9.17, 15) is 0 Å². The minimum Gasteiger partial charge on any atom is -0.339 e. The lowest BCUT2D eigenvalue weighted by Gasteiger charge is -2.19. The van der Waals surface area contributed by atoms with Crippen molar-refractivity contribution < 1.29 is 0 Å². The maximum Gasteiger partial charge on any atom is 0.224 e. The highest BCUT2D eigenvalue weighted by atomic mass is 79.9. The fraction of sp³-hybridized carbons (Fsp3) is 0.286. The first kappa shape index (κ1) is 15.7. The first-order valence-corrected chi connectivity index (χ1v) is 9.53. The van der Waals surface area contributed by atoms with E-state index in [2.05, 4.69) is 70.5 Å². The molecule has 3 nitrogen and oxygen atoms in total. The van der Waals surface area contributed by atoms with E-state index in [-0.39, 0.29) is 13.2 Å². The van der Waals surface area contributed by atoms with Crippen LogP contribution in [0.1, 0.15) is 11.1 Å². The number of aryl methyl sites for hydroxylation is 1. The molecule has 0 atom stereocenters. The molecular weight excluding hydrogens is 357 g/mol. The molecule has 1 N–H and O–H groups in total. The highest BCUT2D eigenvalue weighted by Gasteiger charge is 2.13. The molecule has 0 fully saturated rings. The highest BCUT2D eigenvalue weighted by Crippen LogP contribution is 2.33. The van der Waals surface area contributed by atoms with Gasteiger partial charge in [0.15, 0.2) is 0 Å². The topological polar surface area (TPSA) is 37.8 Å². The first-order chi connectivity index (χ1) is 9.40. The van der Waals surface area contributed by atoms with Crippen LogP contribution in [-0.4, -0.2) is 23.3 Å². The Labute approximate surface area is 134 Å². The minimum absolute atomic E-state index is 0.221. The maximum absolute atomic E-state index is 5.86. The van der Waals surface area contributed by atoms with Crippen LogP contribution >= 0.6 is 35.5 Å². The van der Waals surface area contributed by atoms with Crippen LogP contribution in [0.15, 0.2) is 22.8 Å². The summed E-state index contributed by atoms with van der Waals surface area (Å²) in [6.45, 7) is 8.81. The van der Waals surface area contributed by atoms with Crippen molar-refractivity contribution in [3.8, 4) is 0 Å². The minimum atomic E-state index is -0.221. The number of halogens is 2. The van der Waals surface area contributed by atoms with E-state index in [1.165, 1.54) is 16.4 Å². The second-order valence-electron chi connectivity index (χ2n) is 4.76. The van der Waals surface area contributed by atoms with E-state index >= 15 is 0 Å². The van der Waals surface area contributed by atoms with Crippen molar-refractivity contribution in [3.05, 3.63) is 39.2 Å². The average molecular weight is 373 g/mol. The quantitative estimate of drug-likeness (QED) is 0.631. The van der Waals surface area contributed by atoms with Crippen LogP contribution in [-0.2, 0) is 0 Å². The molecule has 2 rings (SSSR count). The second-order valence-corrected chi connectivity index (χ2v) is 8.19.